The highest BCUT2D eigenvalue weighted by molar-refractivity contribution is 7.60. The lowest BCUT2D eigenvalue weighted by Gasteiger charge is -2.32. The Balaban J connectivity index is 1.11. The third-order valence-corrected chi connectivity index (χ3v) is 8.95. The molecule has 42 heavy (non-hydrogen) atoms. The number of hydrogen-bond donors (Lipinski definition) is 2. The molecule has 2 aromatic heterocycles. The van der Waals surface area contributed by atoms with Crippen LogP contribution in [0.2, 0.25) is 0 Å². The third kappa shape index (κ3) is 6.24. The summed E-state index contributed by atoms with van der Waals surface area (Å²) in [6, 6.07) is 16.6. The van der Waals surface area contributed by atoms with Crippen LogP contribution in [-0.4, -0.2) is 55.0 Å². The fraction of sp³-hybridized carbons (Fsp3) is 0.367. The molecule has 0 unspecified atom stereocenters. The number of halogens is 1. The fourth-order valence-corrected chi connectivity index (χ4v) is 6.07. The number of pyridine rings is 1. The second-order valence-corrected chi connectivity index (χ2v) is 12.4. The molecule has 1 atom stereocenters. The van der Waals surface area contributed by atoms with Crippen molar-refractivity contribution in [1.29, 1.82) is 5.26 Å². The maximum Gasteiger partial charge on any atom is 0.356 e. The molecule has 2 aromatic carbocycles. The lowest BCUT2D eigenvalue weighted by Crippen LogP contribution is -2.35. The Labute approximate surface area is 242 Å². The van der Waals surface area contributed by atoms with Gasteiger partial charge in [0.25, 0.3) is 0 Å². The molecule has 218 valence electrons. The Morgan fingerprint density at radius 1 is 1.10 bits per heavy atom. The molecule has 2 aliphatic rings. The molecule has 2 fully saturated rings. The van der Waals surface area contributed by atoms with E-state index in [1.165, 1.54) is 12.1 Å². The zero-order valence-corrected chi connectivity index (χ0v) is 23.8. The first-order valence-electron chi connectivity index (χ1n) is 13.9. The van der Waals surface area contributed by atoms with Crippen LogP contribution in [0.15, 0.2) is 54.6 Å². The second-order valence-electron chi connectivity index (χ2n) is 10.8. The molecule has 0 aliphatic carbocycles. The van der Waals surface area contributed by atoms with E-state index in [2.05, 4.69) is 4.90 Å². The van der Waals surface area contributed by atoms with Crippen LogP contribution in [0.25, 0.3) is 11.0 Å². The first-order chi connectivity index (χ1) is 20.3. The number of hydrogen-bond acceptors (Lipinski definition) is 7. The predicted octanol–water partition coefficient (Wildman–Crippen LogP) is 3.99. The molecular formula is C30H31FN5O5P. The van der Waals surface area contributed by atoms with Crippen LogP contribution in [0.3, 0.4) is 0 Å². The zero-order valence-electron chi connectivity index (χ0n) is 22.9. The van der Waals surface area contributed by atoms with Crippen LogP contribution >= 0.6 is 7.60 Å². The van der Waals surface area contributed by atoms with Crippen molar-refractivity contribution in [2.24, 2.45) is 0 Å². The highest BCUT2D eigenvalue weighted by Gasteiger charge is 2.27. The van der Waals surface area contributed by atoms with Gasteiger partial charge in [0.05, 0.1) is 47.2 Å². The Bertz CT molecular complexity index is 1690. The summed E-state index contributed by atoms with van der Waals surface area (Å²) in [6.45, 7) is 3.63. The van der Waals surface area contributed by atoms with Gasteiger partial charge in [-0.3, -0.25) is 9.46 Å². The van der Waals surface area contributed by atoms with Gasteiger partial charge in [0.1, 0.15) is 18.2 Å². The lowest BCUT2D eigenvalue weighted by molar-refractivity contribution is -0.0592. The van der Waals surface area contributed by atoms with Crippen molar-refractivity contribution >= 4 is 23.9 Å². The van der Waals surface area contributed by atoms with Crippen LogP contribution in [0, 0.1) is 17.1 Å². The first kappa shape index (κ1) is 28.5. The minimum Gasteiger partial charge on any atom is -0.473 e. The van der Waals surface area contributed by atoms with Gasteiger partial charge in [-0.25, -0.2) is 14.4 Å². The molecule has 2 saturated heterocycles. The summed E-state index contributed by atoms with van der Waals surface area (Å²) >= 11 is 0. The van der Waals surface area contributed by atoms with Gasteiger partial charge in [0.15, 0.2) is 0 Å². The maximum atomic E-state index is 14.2. The van der Waals surface area contributed by atoms with Gasteiger partial charge < -0.3 is 23.8 Å². The largest absolute Gasteiger partial charge is 0.473 e. The van der Waals surface area contributed by atoms with Gasteiger partial charge >= 0.3 is 7.60 Å². The lowest BCUT2D eigenvalue weighted by atomic mass is 9.93. The van der Waals surface area contributed by atoms with E-state index in [1.54, 1.807) is 30.3 Å². The van der Waals surface area contributed by atoms with Crippen molar-refractivity contribution in [3.63, 3.8) is 0 Å². The molecule has 4 heterocycles. The van der Waals surface area contributed by atoms with Crippen LogP contribution in [0.5, 0.6) is 5.88 Å². The Morgan fingerprint density at radius 3 is 2.60 bits per heavy atom. The molecule has 12 heteroatoms. The van der Waals surface area contributed by atoms with Crippen molar-refractivity contribution < 1.29 is 28.2 Å². The number of imidazole rings is 1. The number of benzene rings is 2. The molecule has 0 amide bonds. The highest BCUT2D eigenvalue weighted by atomic mass is 31.2. The van der Waals surface area contributed by atoms with Crippen molar-refractivity contribution in [3.05, 3.63) is 83.1 Å². The molecular weight excluding hydrogens is 560 g/mol. The van der Waals surface area contributed by atoms with Crippen molar-refractivity contribution in [2.45, 2.75) is 51.0 Å². The number of nitriles is 1. The number of piperidine rings is 1. The van der Waals surface area contributed by atoms with Gasteiger partial charge in [-0.05, 0) is 68.8 Å². The molecule has 0 radical (unpaired) electrons. The zero-order chi connectivity index (χ0) is 29.3. The van der Waals surface area contributed by atoms with Gasteiger partial charge in [-0.15, -0.1) is 0 Å². The molecule has 4 aromatic rings. The average Bonchev–Trinajstić information content (AvgIpc) is 3.30. The smallest absolute Gasteiger partial charge is 0.356 e. The summed E-state index contributed by atoms with van der Waals surface area (Å²) in [7, 11) is -4.39. The SMILES string of the molecule is N#Cc1ccc(COc2cccc(C3CCN(Cc4nc5ccc(P(=O)(O)O)cc5n4C[C@@H]4CCO4)CC3)n2)c(F)c1. The van der Waals surface area contributed by atoms with E-state index < -0.39 is 13.4 Å². The summed E-state index contributed by atoms with van der Waals surface area (Å²) in [5.74, 6) is 1.06. The second kappa shape index (κ2) is 11.9. The minimum atomic E-state index is -4.39. The molecule has 0 saturated carbocycles. The monoisotopic (exact) mass is 591 g/mol. The molecule has 2 aliphatic heterocycles. The van der Waals surface area contributed by atoms with Crippen LogP contribution < -0.4 is 10.0 Å². The summed E-state index contributed by atoms with van der Waals surface area (Å²) in [5.41, 5.74) is 2.98. The van der Waals surface area contributed by atoms with Gasteiger partial charge in [0, 0.05) is 29.8 Å². The van der Waals surface area contributed by atoms with Crippen LogP contribution in [0.4, 0.5) is 4.39 Å². The van der Waals surface area contributed by atoms with E-state index >= 15 is 0 Å². The third-order valence-electron chi connectivity index (χ3n) is 8.00. The van der Waals surface area contributed by atoms with Crippen LogP contribution in [0.1, 0.15) is 47.8 Å². The molecule has 0 spiro atoms. The quantitative estimate of drug-likeness (QED) is 0.277. The van der Waals surface area contributed by atoms with E-state index in [4.69, 9.17) is 24.7 Å². The van der Waals surface area contributed by atoms with E-state index in [0.717, 1.165) is 50.5 Å². The highest BCUT2D eigenvalue weighted by Crippen LogP contribution is 2.35. The topological polar surface area (TPSA) is 134 Å². The number of fused-ring (bicyclic) bond motifs is 1. The molecule has 6 rings (SSSR count). The van der Waals surface area contributed by atoms with Crippen LogP contribution in [-0.2, 0) is 29.0 Å². The van der Waals surface area contributed by atoms with E-state index in [9.17, 15) is 18.7 Å². The number of rotatable bonds is 9. The van der Waals surface area contributed by atoms with E-state index in [1.807, 2.05) is 22.8 Å². The number of aromatic nitrogens is 3. The summed E-state index contributed by atoms with van der Waals surface area (Å²) < 4.78 is 39.6. The van der Waals surface area contributed by atoms with Gasteiger partial charge in [-0.1, -0.05) is 12.1 Å². The summed E-state index contributed by atoms with van der Waals surface area (Å²) in [5, 5.41) is 8.92. The summed E-state index contributed by atoms with van der Waals surface area (Å²) in [6.07, 6.45) is 2.81. The molecule has 2 N–H and O–H groups in total. The Morgan fingerprint density at radius 2 is 1.90 bits per heavy atom. The van der Waals surface area contributed by atoms with Crippen molar-refractivity contribution in [3.8, 4) is 11.9 Å². The number of likely N-dealkylation sites (tertiary alicyclic amines) is 1. The predicted molar refractivity (Wildman–Crippen MR) is 153 cm³/mol. The summed E-state index contributed by atoms with van der Waals surface area (Å²) in [4.78, 5) is 31.3. The van der Waals surface area contributed by atoms with E-state index in [0.29, 0.717) is 35.6 Å². The van der Waals surface area contributed by atoms with Gasteiger partial charge in [-0.2, -0.15) is 5.26 Å². The van der Waals surface area contributed by atoms with Crippen molar-refractivity contribution in [1.82, 2.24) is 19.4 Å². The van der Waals surface area contributed by atoms with Gasteiger partial charge in [0.2, 0.25) is 5.88 Å². The standard InChI is InChI=1S/C30H31FN5O5P/c31-25-14-20(16-32)4-5-22(25)19-41-30-3-1-2-26(34-30)21-8-11-35(12-9-21)18-29-33-27-7-6-24(42(37,38)39)15-28(27)36(29)17-23-10-13-40-23/h1-7,14-15,21,23H,8-13,17-19H2,(H2,37,38,39)/t23-/m0/s1. The number of ether oxygens (including phenoxy) is 2. The Kier molecular flexibility index (Phi) is 8.08. The van der Waals surface area contributed by atoms with E-state index in [-0.39, 0.29) is 29.5 Å². The van der Waals surface area contributed by atoms with Crippen molar-refractivity contribution in [2.75, 3.05) is 19.7 Å². The minimum absolute atomic E-state index is 0.0150. The Hall–Kier alpha value is -3.65. The normalized spacial score (nSPS) is 18.1. The first-order valence-corrected chi connectivity index (χ1v) is 15.6. The molecule has 10 nitrogen and oxygen atoms in total. The number of nitrogens with zero attached hydrogens (tertiary/aromatic N) is 5. The maximum absolute atomic E-state index is 14.2. The average molecular weight is 592 g/mol. The molecule has 0 bridgehead atoms. The fourth-order valence-electron chi connectivity index (χ4n) is 5.51.